The van der Waals surface area contributed by atoms with Gasteiger partial charge in [0.15, 0.2) is 23.9 Å². The molecule has 0 bridgehead atoms. The highest BCUT2D eigenvalue weighted by molar-refractivity contribution is 5.98. The van der Waals surface area contributed by atoms with Crippen molar-refractivity contribution in [1.82, 2.24) is 0 Å². The molecule has 1 heterocycles. The summed E-state index contributed by atoms with van der Waals surface area (Å²) < 4.78 is 15.9. The van der Waals surface area contributed by atoms with E-state index in [2.05, 4.69) is 0 Å². The second-order valence-corrected chi connectivity index (χ2v) is 5.95. The van der Waals surface area contributed by atoms with Gasteiger partial charge in [0.2, 0.25) is 0 Å². The monoisotopic (exact) mass is 369 g/mol. The number of ether oxygens (including phenoxy) is 3. The predicted molar refractivity (Wildman–Crippen MR) is 97.5 cm³/mol. The lowest BCUT2D eigenvalue weighted by Crippen LogP contribution is -2.40. The van der Waals surface area contributed by atoms with E-state index < -0.39 is 5.97 Å². The van der Waals surface area contributed by atoms with Crippen LogP contribution in [0.25, 0.3) is 0 Å². The van der Waals surface area contributed by atoms with Crippen molar-refractivity contribution in [3.63, 3.8) is 0 Å². The zero-order valence-corrected chi connectivity index (χ0v) is 15.1. The Hall–Kier alpha value is -3.35. The number of esters is 1. The van der Waals surface area contributed by atoms with Crippen LogP contribution in [-0.2, 0) is 9.59 Å². The van der Waals surface area contributed by atoms with E-state index in [1.807, 2.05) is 6.07 Å². The van der Waals surface area contributed by atoms with Crippen LogP contribution in [0.4, 0.5) is 5.69 Å². The highest BCUT2D eigenvalue weighted by Crippen LogP contribution is 2.32. The Bertz CT molecular complexity index is 892. The third kappa shape index (κ3) is 4.08. The van der Waals surface area contributed by atoms with Gasteiger partial charge in [0.05, 0.1) is 19.2 Å². The van der Waals surface area contributed by atoms with Crippen molar-refractivity contribution in [3.8, 4) is 17.2 Å². The average Bonchev–Trinajstić information content (AvgIpc) is 2.67. The molecular formula is C20H19NO6. The first-order valence-electron chi connectivity index (χ1n) is 8.41. The molecule has 0 unspecified atom stereocenters. The summed E-state index contributed by atoms with van der Waals surface area (Å²) in [5.41, 5.74) is 1.09. The van der Waals surface area contributed by atoms with Gasteiger partial charge in [0.1, 0.15) is 5.75 Å². The molecule has 7 heteroatoms. The average molecular weight is 369 g/mol. The molecular weight excluding hydrogens is 350 g/mol. The molecule has 2 aromatic rings. The topological polar surface area (TPSA) is 82.1 Å². The first kappa shape index (κ1) is 18.4. The molecule has 2 aromatic carbocycles. The highest BCUT2D eigenvalue weighted by atomic mass is 16.6. The number of benzene rings is 2. The second kappa shape index (κ2) is 7.90. The van der Waals surface area contributed by atoms with Crippen molar-refractivity contribution in [2.75, 3.05) is 25.2 Å². The number of carbonyl (C=O) groups is 3. The lowest BCUT2D eigenvalue weighted by atomic mass is 10.1. The van der Waals surface area contributed by atoms with Crippen LogP contribution in [0.3, 0.4) is 0 Å². The van der Waals surface area contributed by atoms with E-state index in [0.717, 1.165) is 0 Å². The third-order valence-electron chi connectivity index (χ3n) is 4.14. The maximum atomic E-state index is 12.2. The Morgan fingerprint density at radius 2 is 1.93 bits per heavy atom. The quantitative estimate of drug-likeness (QED) is 0.442. The summed E-state index contributed by atoms with van der Waals surface area (Å²) in [7, 11) is 1.43. The maximum Gasteiger partial charge on any atom is 0.313 e. The first-order chi connectivity index (χ1) is 13.0. The number of para-hydroxylation sites is 2. The summed E-state index contributed by atoms with van der Waals surface area (Å²) in [5.74, 6) is 0.276. The van der Waals surface area contributed by atoms with Gasteiger partial charge in [-0.2, -0.15) is 0 Å². The van der Waals surface area contributed by atoms with Crippen molar-refractivity contribution < 1.29 is 28.6 Å². The minimum Gasteiger partial charge on any atom is -0.493 e. The molecule has 0 radical (unpaired) electrons. The highest BCUT2D eigenvalue weighted by Gasteiger charge is 2.25. The molecule has 0 fully saturated rings. The summed E-state index contributed by atoms with van der Waals surface area (Å²) in [6.45, 7) is 1.55. The number of nitrogens with zero attached hydrogens (tertiary/aromatic N) is 1. The van der Waals surface area contributed by atoms with Crippen LogP contribution in [0.15, 0.2) is 42.5 Å². The molecule has 0 saturated carbocycles. The minimum atomic E-state index is -0.513. The molecule has 27 heavy (non-hydrogen) atoms. The van der Waals surface area contributed by atoms with Gasteiger partial charge in [-0.05, 0) is 37.3 Å². The second-order valence-electron chi connectivity index (χ2n) is 5.95. The summed E-state index contributed by atoms with van der Waals surface area (Å²) in [6.07, 6.45) is -0.00229. The van der Waals surface area contributed by atoms with Gasteiger partial charge in [-0.3, -0.25) is 14.4 Å². The molecule has 140 valence electrons. The Kier molecular flexibility index (Phi) is 5.40. The Morgan fingerprint density at radius 3 is 2.67 bits per heavy atom. The molecule has 3 rings (SSSR count). The number of carbonyl (C=O) groups excluding carboxylic acids is 3. The lowest BCUT2D eigenvalue weighted by molar-refractivity contribution is -0.134. The summed E-state index contributed by atoms with van der Waals surface area (Å²) in [5, 5.41) is 0. The van der Waals surface area contributed by atoms with E-state index in [1.54, 1.807) is 24.3 Å². The third-order valence-corrected chi connectivity index (χ3v) is 4.14. The van der Waals surface area contributed by atoms with E-state index in [0.29, 0.717) is 22.7 Å². The van der Waals surface area contributed by atoms with E-state index in [9.17, 15) is 14.4 Å². The van der Waals surface area contributed by atoms with Crippen LogP contribution < -0.4 is 19.1 Å². The number of rotatable bonds is 6. The van der Waals surface area contributed by atoms with Crippen LogP contribution >= 0.6 is 0 Å². The zero-order chi connectivity index (χ0) is 19.4. The number of hydrogen-bond acceptors (Lipinski definition) is 6. The Labute approximate surface area is 156 Å². The van der Waals surface area contributed by atoms with Crippen molar-refractivity contribution in [1.29, 1.82) is 0 Å². The smallest absolute Gasteiger partial charge is 0.313 e. The Balaban J connectivity index is 1.67. The van der Waals surface area contributed by atoms with Crippen molar-refractivity contribution in [2.24, 2.45) is 0 Å². The largest absolute Gasteiger partial charge is 0.493 e. The van der Waals surface area contributed by atoms with Crippen molar-refractivity contribution >= 4 is 23.3 Å². The number of ketones is 1. The molecule has 0 N–H and O–H groups in total. The van der Waals surface area contributed by atoms with Crippen molar-refractivity contribution in [3.05, 3.63) is 48.0 Å². The van der Waals surface area contributed by atoms with Crippen LogP contribution in [-0.4, -0.2) is 37.9 Å². The van der Waals surface area contributed by atoms with Gasteiger partial charge in [-0.15, -0.1) is 0 Å². The maximum absolute atomic E-state index is 12.2. The van der Waals surface area contributed by atoms with Gasteiger partial charge < -0.3 is 19.1 Å². The van der Waals surface area contributed by atoms with E-state index in [4.69, 9.17) is 14.2 Å². The molecule has 0 saturated heterocycles. The van der Waals surface area contributed by atoms with Gasteiger partial charge in [-0.25, -0.2) is 0 Å². The van der Waals surface area contributed by atoms with Crippen LogP contribution in [0, 0.1) is 0 Å². The Morgan fingerprint density at radius 1 is 1.15 bits per heavy atom. The summed E-state index contributed by atoms with van der Waals surface area (Å²) >= 11 is 0. The van der Waals surface area contributed by atoms with Gasteiger partial charge in [-0.1, -0.05) is 12.1 Å². The fourth-order valence-electron chi connectivity index (χ4n) is 2.75. The predicted octanol–water partition coefficient (Wildman–Crippen LogP) is 2.62. The van der Waals surface area contributed by atoms with E-state index in [1.165, 1.54) is 31.1 Å². The fraction of sp³-hybridized carbons (Fsp3) is 0.250. The number of hydrogen-bond donors (Lipinski definition) is 0. The number of methoxy groups -OCH3 is 1. The molecule has 7 nitrogen and oxygen atoms in total. The summed E-state index contributed by atoms with van der Waals surface area (Å²) in [4.78, 5) is 37.3. The molecule has 0 atom stereocenters. The van der Waals surface area contributed by atoms with Gasteiger partial charge >= 0.3 is 5.97 Å². The minimum absolute atomic E-state index is 0.00229. The number of fused-ring (bicyclic) bond motifs is 1. The van der Waals surface area contributed by atoms with Crippen LogP contribution in [0.1, 0.15) is 23.7 Å². The molecule has 0 aliphatic carbocycles. The lowest BCUT2D eigenvalue weighted by Gasteiger charge is -2.28. The number of anilines is 1. The standard InChI is InChI=1S/C20H19NO6/c1-13(22)14-7-8-17(18(11-14)25-2)27-20(24)9-10-21-15-5-3-4-6-16(15)26-12-19(21)23/h3-8,11H,9-10,12H2,1-2H3. The van der Waals surface area contributed by atoms with E-state index >= 15 is 0 Å². The molecule has 0 aromatic heterocycles. The fourth-order valence-corrected chi connectivity index (χ4v) is 2.75. The van der Waals surface area contributed by atoms with Crippen LogP contribution in [0.2, 0.25) is 0 Å². The van der Waals surface area contributed by atoms with Gasteiger partial charge in [0, 0.05) is 12.1 Å². The van der Waals surface area contributed by atoms with E-state index in [-0.39, 0.29) is 37.0 Å². The number of amides is 1. The van der Waals surface area contributed by atoms with Crippen molar-refractivity contribution in [2.45, 2.75) is 13.3 Å². The van der Waals surface area contributed by atoms with Gasteiger partial charge in [0.25, 0.3) is 5.91 Å². The first-order valence-corrected chi connectivity index (χ1v) is 8.41. The molecule has 1 amide bonds. The summed E-state index contributed by atoms with van der Waals surface area (Å²) in [6, 6.07) is 11.8. The zero-order valence-electron chi connectivity index (χ0n) is 15.1. The molecule has 1 aliphatic rings. The van der Waals surface area contributed by atoms with Crippen LogP contribution in [0.5, 0.6) is 17.2 Å². The molecule has 0 spiro atoms. The number of Topliss-reactive ketones (excluding diaryl/α,β-unsaturated/α-hetero) is 1. The normalized spacial score (nSPS) is 12.8. The molecule has 1 aliphatic heterocycles. The SMILES string of the molecule is COc1cc(C(C)=O)ccc1OC(=O)CCN1C(=O)COc2ccccc21.